The van der Waals surface area contributed by atoms with Crippen LogP contribution in [0.25, 0.3) is 11.1 Å². The largest absolute Gasteiger partial charge is 1.00 e. The minimum atomic E-state index is 0. The molecule has 0 amide bonds. The van der Waals surface area contributed by atoms with E-state index in [1.807, 2.05) is 0 Å². The van der Waals surface area contributed by atoms with Gasteiger partial charge in [-0.2, -0.15) is 34.9 Å². The van der Waals surface area contributed by atoms with Crippen LogP contribution in [0.3, 0.4) is 0 Å². The summed E-state index contributed by atoms with van der Waals surface area (Å²) in [5, 5.41) is 0. The molecule has 0 heterocycles. The van der Waals surface area contributed by atoms with Crippen molar-refractivity contribution >= 4 is 3.21 Å². The third-order valence-corrected chi connectivity index (χ3v) is 6.44. The number of hydrogen-bond acceptors (Lipinski definition) is 0. The van der Waals surface area contributed by atoms with Crippen LogP contribution in [0.1, 0.15) is 112 Å². The first-order valence-electron chi connectivity index (χ1n) is 12.9. The minimum absolute atomic E-state index is 0. The van der Waals surface area contributed by atoms with Crippen molar-refractivity contribution in [3.8, 4) is 11.1 Å². The molecule has 2 aromatic rings. The first kappa shape index (κ1) is 36.3. The van der Waals surface area contributed by atoms with Gasteiger partial charge in [-0.3, -0.25) is 6.08 Å². The maximum Gasteiger partial charge on any atom is -1.00 e. The van der Waals surface area contributed by atoms with E-state index < -0.39 is 0 Å². The third-order valence-electron chi connectivity index (χ3n) is 6.44. The molecule has 0 aromatic heterocycles. The van der Waals surface area contributed by atoms with Crippen LogP contribution in [-0.2, 0) is 41.5 Å². The van der Waals surface area contributed by atoms with Crippen molar-refractivity contribution in [2.75, 3.05) is 0 Å². The molecule has 0 spiro atoms. The summed E-state index contributed by atoms with van der Waals surface area (Å²) in [6.07, 6.45) is 7.61. The van der Waals surface area contributed by atoms with Crippen LogP contribution in [0.15, 0.2) is 47.6 Å². The fourth-order valence-electron chi connectivity index (χ4n) is 4.06. The molecule has 4 rings (SSSR count). The Kier molecular flexibility index (Phi) is 13.8. The number of benzene rings is 2. The Morgan fingerprint density at radius 3 is 1.70 bits per heavy atom. The predicted molar refractivity (Wildman–Crippen MR) is 152 cm³/mol. The molecular weight excluding hydrogens is 571 g/mol. The Bertz CT molecular complexity index is 1060. The number of hydrogen-bond donors (Lipinski definition) is 0. The van der Waals surface area contributed by atoms with Gasteiger partial charge in [-0.25, -0.2) is 11.6 Å². The maximum atomic E-state index is 3.53. The van der Waals surface area contributed by atoms with E-state index in [-0.39, 0.29) is 35.6 Å². The number of halogens is 2. The van der Waals surface area contributed by atoms with Crippen molar-refractivity contribution in [1.29, 1.82) is 0 Å². The SMILES string of the molecule is CC(C)(C)c1c[c-]c2c(c1)-c1cc(C(C)(C)C)ccc1C2.CC1=[C-]CC(C(C)(C)C)=C1.C[C](C)=[Zr+2].[Cl-].[Cl-]. The molecule has 2 aliphatic carbocycles. The maximum absolute atomic E-state index is 3.53. The molecule has 0 nitrogen and oxygen atoms in total. The van der Waals surface area contributed by atoms with E-state index in [1.54, 1.807) is 24.2 Å². The van der Waals surface area contributed by atoms with E-state index in [0.29, 0.717) is 5.41 Å². The van der Waals surface area contributed by atoms with E-state index in [0.717, 1.165) is 12.8 Å². The number of fused-ring (bicyclic) bond motifs is 3. The Morgan fingerprint density at radius 2 is 1.30 bits per heavy atom. The second-order valence-electron chi connectivity index (χ2n) is 13.3. The molecule has 202 valence electrons. The van der Waals surface area contributed by atoms with E-state index in [9.17, 15) is 0 Å². The fraction of sp³-hybridized carbons (Fsp3) is 0.500. The van der Waals surface area contributed by atoms with E-state index >= 15 is 0 Å². The minimum Gasteiger partial charge on any atom is -1.00 e. The van der Waals surface area contributed by atoms with Gasteiger partial charge in [-0.05, 0) is 22.8 Å². The van der Waals surface area contributed by atoms with Gasteiger partial charge in [0.1, 0.15) is 0 Å². The van der Waals surface area contributed by atoms with Crippen molar-refractivity contribution in [2.45, 2.75) is 107 Å². The Balaban J connectivity index is 0.000000684. The molecule has 0 atom stereocenters. The molecule has 0 unspecified atom stereocenters. The van der Waals surface area contributed by atoms with Crippen LogP contribution >= 0.6 is 0 Å². The first-order valence-corrected chi connectivity index (χ1v) is 14.1. The van der Waals surface area contributed by atoms with Gasteiger partial charge in [0.15, 0.2) is 0 Å². The summed E-state index contributed by atoms with van der Waals surface area (Å²) in [7, 11) is 0. The summed E-state index contributed by atoms with van der Waals surface area (Å²) < 4.78 is 1.51. The number of allylic oxidation sites excluding steroid dienone is 4. The summed E-state index contributed by atoms with van der Waals surface area (Å²) >= 11 is 1.55. The smallest absolute Gasteiger partial charge is 1.00 e. The molecule has 0 fully saturated rings. The summed E-state index contributed by atoms with van der Waals surface area (Å²) in [5.41, 5.74) is 11.9. The molecule has 2 aromatic carbocycles. The molecule has 0 saturated carbocycles. The van der Waals surface area contributed by atoms with Crippen LogP contribution in [0.2, 0.25) is 0 Å². The van der Waals surface area contributed by atoms with Gasteiger partial charge in [0, 0.05) is 0 Å². The van der Waals surface area contributed by atoms with Crippen LogP contribution < -0.4 is 24.8 Å². The Morgan fingerprint density at radius 1 is 0.784 bits per heavy atom. The van der Waals surface area contributed by atoms with Crippen LogP contribution in [0, 0.1) is 17.6 Å². The standard InChI is InChI=1S/C21H25.C10H15.C3H6.2ClH.Zr/c1-20(2,3)16-9-7-14-11-15-8-10-17(21(4,5)6)13-19(15)18(14)12-16;1-8-5-6-9(7-8)10(2,3)4;1-3-2;;;/h7,9-10,12-13H,11H2,1-6H3;7H,6H2,1-4H3;1-2H3;2*1H;/q2*-1;;;;+2/p-2. The van der Waals surface area contributed by atoms with Crippen molar-refractivity contribution in [2.24, 2.45) is 5.41 Å². The van der Waals surface area contributed by atoms with Gasteiger partial charge in [0.2, 0.25) is 0 Å². The quantitative estimate of drug-likeness (QED) is 0.340. The zero-order chi connectivity index (χ0) is 26.8. The summed E-state index contributed by atoms with van der Waals surface area (Å²) in [5.74, 6) is 0. The van der Waals surface area contributed by atoms with Gasteiger partial charge in [0.05, 0.1) is 0 Å². The monoisotopic (exact) mass is 614 g/mol. The van der Waals surface area contributed by atoms with E-state index in [2.05, 4.69) is 132 Å². The normalized spacial score (nSPS) is 13.8. The molecular formula is C34H46Cl2Zr-2. The van der Waals surface area contributed by atoms with Gasteiger partial charge in [-0.15, -0.1) is 12.0 Å². The third kappa shape index (κ3) is 10.7. The van der Waals surface area contributed by atoms with Crippen molar-refractivity contribution in [3.05, 3.63) is 82.0 Å². The second-order valence-corrected chi connectivity index (χ2v) is 15.7. The molecule has 0 bridgehead atoms. The summed E-state index contributed by atoms with van der Waals surface area (Å²) in [6.45, 7) is 26.7. The van der Waals surface area contributed by atoms with Gasteiger partial charge in [-0.1, -0.05) is 104 Å². The molecule has 0 radical (unpaired) electrons. The van der Waals surface area contributed by atoms with Crippen molar-refractivity contribution in [1.82, 2.24) is 0 Å². The zero-order valence-electron chi connectivity index (χ0n) is 25.1. The topological polar surface area (TPSA) is 0 Å². The van der Waals surface area contributed by atoms with Gasteiger partial charge in [0.25, 0.3) is 0 Å². The Labute approximate surface area is 256 Å². The molecule has 3 heteroatoms. The van der Waals surface area contributed by atoms with E-state index in [4.69, 9.17) is 0 Å². The molecule has 37 heavy (non-hydrogen) atoms. The number of rotatable bonds is 0. The average Bonchev–Trinajstić information content (AvgIpc) is 3.29. The Hall–Kier alpha value is -0.747. The van der Waals surface area contributed by atoms with Crippen LogP contribution in [0.4, 0.5) is 0 Å². The van der Waals surface area contributed by atoms with Gasteiger partial charge < -0.3 is 24.8 Å². The first-order chi connectivity index (χ1) is 15.9. The zero-order valence-corrected chi connectivity index (χ0v) is 29.1. The van der Waals surface area contributed by atoms with Crippen molar-refractivity contribution in [3.63, 3.8) is 0 Å². The summed E-state index contributed by atoms with van der Waals surface area (Å²) in [4.78, 5) is 0. The van der Waals surface area contributed by atoms with Gasteiger partial charge >= 0.3 is 41.3 Å². The van der Waals surface area contributed by atoms with Crippen molar-refractivity contribution < 1.29 is 49.0 Å². The van der Waals surface area contributed by atoms with Crippen LogP contribution in [0.5, 0.6) is 0 Å². The fourth-order valence-corrected chi connectivity index (χ4v) is 4.06. The molecule has 0 N–H and O–H groups in total. The van der Waals surface area contributed by atoms with E-state index in [1.165, 1.54) is 47.7 Å². The predicted octanol–water partition coefficient (Wildman–Crippen LogP) is 3.52. The van der Waals surface area contributed by atoms with Crippen LogP contribution in [-0.4, -0.2) is 3.21 Å². The average molecular weight is 617 g/mol. The summed E-state index contributed by atoms with van der Waals surface area (Å²) in [6, 6.07) is 15.1. The molecule has 2 aliphatic rings. The molecule has 0 aliphatic heterocycles. The molecule has 0 saturated heterocycles. The second kappa shape index (κ2) is 14.1.